The van der Waals surface area contributed by atoms with Gasteiger partial charge in [0.2, 0.25) is 11.8 Å². The van der Waals surface area contributed by atoms with Crippen LogP contribution in [0.25, 0.3) is 0 Å². The zero-order valence-corrected chi connectivity index (χ0v) is 15.7. The Morgan fingerprint density at radius 1 is 1.26 bits per heavy atom. The first-order valence-electron chi connectivity index (χ1n) is 9.34. The third-order valence-electron chi connectivity index (χ3n) is 6.07. The van der Waals surface area contributed by atoms with E-state index in [0.717, 1.165) is 30.2 Å². The fourth-order valence-corrected chi connectivity index (χ4v) is 5.70. The molecule has 4 aliphatic rings. The van der Waals surface area contributed by atoms with Gasteiger partial charge < -0.3 is 14.5 Å². The minimum Gasteiger partial charge on any atom is -0.360 e. The summed E-state index contributed by atoms with van der Waals surface area (Å²) in [5.41, 5.74) is 0.183. The molecular weight excluding hydrogens is 367 g/mol. The van der Waals surface area contributed by atoms with E-state index in [9.17, 15) is 14.0 Å². The number of nitrogens with zero attached hydrogens (tertiary/aromatic N) is 2. The lowest BCUT2D eigenvalue weighted by Crippen LogP contribution is -2.48. The second-order valence-corrected chi connectivity index (χ2v) is 8.88. The van der Waals surface area contributed by atoms with E-state index in [1.165, 1.54) is 12.1 Å². The molecule has 27 heavy (non-hydrogen) atoms. The van der Waals surface area contributed by atoms with Crippen LogP contribution in [-0.4, -0.2) is 64.5 Å². The highest BCUT2D eigenvalue weighted by molar-refractivity contribution is 7.99. The molecule has 142 valence electrons. The Balaban J connectivity index is 1.38. The molecule has 4 atom stereocenters. The highest BCUT2D eigenvalue weighted by atomic mass is 32.2. The molecule has 1 spiro atoms. The Labute approximate surface area is 161 Å². The van der Waals surface area contributed by atoms with Gasteiger partial charge in [-0.25, -0.2) is 4.39 Å². The van der Waals surface area contributed by atoms with Crippen LogP contribution in [-0.2, 0) is 20.9 Å². The number of amides is 2. The van der Waals surface area contributed by atoms with Gasteiger partial charge in [0.1, 0.15) is 11.4 Å². The van der Waals surface area contributed by atoms with Gasteiger partial charge in [0.25, 0.3) is 0 Å². The van der Waals surface area contributed by atoms with E-state index in [1.807, 2.05) is 28.8 Å². The molecule has 4 aliphatic heterocycles. The van der Waals surface area contributed by atoms with Gasteiger partial charge in [-0.05, 0) is 17.7 Å². The SMILES string of the molecule is O=C([C@H]1[C@@H]2C=C[C@@]3(CN(Cc4ccc(F)cc4)C(=O)[C@H]13)O2)N1CCSCC1. The van der Waals surface area contributed by atoms with Crippen molar-refractivity contribution in [1.29, 1.82) is 0 Å². The zero-order valence-electron chi connectivity index (χ0n) is 14.8. The topological polar surface area (TPSA) is 49.9 Å². The van der Waals surface area contributed by atoms with Crippen LogP contribution in [0.15, 0.2) is 36.4 Å². The van der Waals surface area contributed by atoms with E-state index in [4.69, 9.17) is 4.74 Å². The lowest BCUT2D eigenvalue weighted by atomic mass is 9.76. The highest BCUT2D eigenvalue weighted by Crippen LogP contribution is 2.52. The maximum absolute atomic E-state index is 13.2. The number of carbonyl (C=O) groups is 2. The van der Waals surface area contributed by atoms with Gasteiger partial charge in [0, 0.05) is 31.1 Å². The summed E-state index contributed by atoms with van der Waals surface area (Å²) in [5.74, 6) is 0.737. The molecule has 0 unspecified atom stereocenters. The van der Waals surface area contributed by atoms with Gasteiger partial charge in [0.15, 0.2) is 0 Å². The first-order valence-corrected chi connectivity index (χ1v) is 10.5. The van der Waals surface area contributed by atoms with Crippen molar-refractivity contribution in [2.75, 3.05) is 31.1 Å². The van der Waals surface area contributed by atoms with Crippen molar-refractivity contribution in [3.8, 4) is 0 Å². The average Bonchev–Trinajstić information content (AvgIpc) is 3.32. The number of hydrogen-bond donors (Lipinski definition) is 0. The Bertz CT molecular complexity index is 808. The molecule has 7 heteroatoms. The summed E-state index contributed by atoms with van der Waals surface area (Å²) in [6, 6.07) is 6.18. The summed E-state index contributed by atoms with van der Waals surface area (Å²) >= 11 is 1.85. The molecule has 2 bridgehead atoms. The van der Waals surface area contributed by atoms with Crippen molar-refractivity contribution < 1.29 is 18.7 Å². The third-order valence-corrected chi connectivity index (χ3v) is 7.02. The number of hydrogen-bond acceptors (Lipinski definition) is 4. The zero-order chi connectivity index (χ0) is 18.6. The number of carbonyl (C=O) groups excluding carboxylic acids is 2. The molecule has 0 radical (unpaired) electrons. The molecule has 1 aromatic rings. The molecule has 1 aromatic carbocycles. The van der Waals surface area contributed by atoms with Gasteiger partial charge in [-0.3, -0.25) is 9.59 Å². The highest BCUT2D eigenvalue weighted by Gasteiger charge is 2.67. The van der Waals surface area contributed by atoms with Crippen LogP contribution < -0.4 is 0 Å². The van der Waals surface area contributed by atoms with Crippen molar-refractivity contribution in [3.63, 3.8) is 0 Å². The minimum atomic E-state index is -0.688. The fourth-order valence-electron chi connectivity index (χ4n) is 4.80. The fraction of sp³-hybridized carbons (Fsp3) is 0.500. The molecule has 5 rings (SSSR count). The monoisotopic (exact) mass is 388 g/mol. The van der Waals surface area contributed by atoms with Crippen LogP contribution in [0.1, 0.15) is 5.56 Å². The van der Waals surface area contributed by atoms with Crippen molar-refractivity contribution in [3.05, 3.63) is 47.8 Å². The van der Waals surface area contributed by atoms with E-state index in [-0.39, 0.29) is 23.7 Å². The van der Waals surface area contributed by atoms with E-state index < -0.39 is 17.4 Å². The predicted octanol–water partition coefficient (Wildman–Crippen LogP) is 1.68. The van der Waals surface area contributed by atoms with Crippen LogP contribution in [0, 0.1) is 17.7 Å². The lowest BCUT2D eigenvalue weighted by molar-refractivity contribution is -0.143. The van der Waals surface area contributed by atoms with Crippen LogP contribution in [0.4, 0.5) is 4.39 Å². The first-order chi connectivity index (χ1) is 13.1. The summed E-state index contributed by atoms with van der Waals surface area (Å²) < 4.78 is 19.3. The van der Waals surface area contributed by atoms with Crippen molar-refractivity contribution in [2.45, 2.75) is 18.2 Å². The van der Waals surface area contributed by atoms with E-state index >= 15 is 0 Å². The molecular formula is C20H21FN2O3S. The van der Waals surface area contributed by atoms with Crippen molar-refractivity contribution in [2.24, 2.45) is 11.8 Å². The number of likely N-dealkylation sites (tertiary alicyclic amines) is 1. The smallest absolute Gasteiger partial charge is 0.230 e. The third kappa shape index (κ3) is 2.70. The number of fused-ring (bicyclic) bond motifs is 1. The van der Waals surface area contributed by atoms with Gasteiger partial charge in [-0.2, -0.15) is 11.8 Å². The van der Waals surface area contributed by atoms with Crippen LogP contribution in [0.2, 0.25) is 0 Å². The summed E-state index contributed by atoms with van der Waals surface area (Å²) in [6.07, 6.45) is 3.63. The predicted molar refractivity (Wildman–Crippen MR) is 99.4 cm³/mol. The molecule has 0 N–H and O–H groups in total. The number of halogens is 1. The van der Waals surface area contributed by atoms with Crippen LogP contribution >= 0.6 is 11.8 Å². The normalized spacial score (nSPS) is 34.4. The number of ether oxygens (including phenoxy) is 1. The quantitative estimate of drug-likeness (QED) is 0.740. The molecule has 0 aromatic heterocycles. The van der Waals surface area contributed by atoms with E-state index in [0.29, 0.717) is 13.1 Å². The maximum atomic E-state index is 13.2. The number of rotatable bonds is 3. The largest absolute Gasteiger partial charge is 0.360 e. The summed E-state index contributed by atoms with van der Waals surface area (Å²) in [4.78, 5) is 30.0. The maximum Gasteiger partial charge on any atom is 0.230 e. The van der Waals surface area contributed by atoms with Gasteiger partial charge in [-0.1, -0.05) is 24.3 Å². The molecule has 0 saturated carbocycles. The minimum absolute atomic E-state index is 0.0316. The molecule has 4 heterocycles. The summed E-state index contributed by atoms with van der Waals surface area (Å²) in [7, 11) is 0. The molecule has 5 nitrogen and oxygen atoms in total. The Morgan fingerprint density at radius 2 is 2.00 bits per heavy atom. The standard InChI is InChI=1S/C20H21FN2O3S/c21-14-3-1-13(2-4-14)11-23-12-20-6-5-15(26-20)16(17(20)19(23)25)18(24)22-7-9-27-10-8-22/h1-6,15-17H,7-12H2/t15-,16-,17-,20-/m0/s1. The average molecular weight is 388 g/mol. The van der Waals surface area contributed by atoms with Gasteiger partial charge >= 0.3 is 0 Å². The summed E-state index contributed by atoms with van der Waals surface area (Å²) in [6.45, 7) is 2.33. The molecule has 3 saturated heterocycles. The molecule has 3 fully saturated rings. The van der Waals surface area contributed by atoms with Crippen molar-refractivity contribution >= 4 is 23.6 Å². The van der Waals surface area contributed by atoms with Crippen molar-refractivity contribution in [1.82, 2.24) is 9.80 Å². The number of benzene rings is 1. The van der Waals surface area contributed by atoms with Gasteiger partial charge in [0.05, 0.1) is 24.5 Å². The Hall–Kier alpha value is -1.86. The van der Waals surface area contributed by atoms with Crippen LogP contribution in [0.3, 0.4) is 0 Å². The Kier molecular flexibility index (Phi) is 4.05. The molecule has 2 amide bonds. The second kappa shape index (κ2) is 6.34. The van der Waals surface area contributed by atoms with E-state index in [1.54, 1.807) is 17.0 Å². The van der Waals surface area contributed by atoms with Gasteiger partial charge in [-0.15, -0.1) is 0 Å². The number of thioether (sulfide) groups is 1. The lowest BCUT2D eigenvalue weighted by Gasteiger charge is -2.32. The van der Waals surface area contributed by atoms with Crippen LogP contribution in [0.5, 0.6) is 0 Å². The second-order valence-electron chi connectivity index (χ2n) is 7.66. The Morgan fingerprint density at radius 3 is 2.74 bits per heavy atom. The van der Waals surface area contributed by atoms with E-state index in [2.05, 4.69) is 0 Å². The molecule has 0 aliphatic carbocycles. The first kappa shape index (κ1) is 17.3. The summed E-state index contributed by atoms with van der Waals surface area (Å²) in [5, 5.41) is 0.